The van der Waals surface area contributed by atoms with Gasteiger partial charge in [-0.05, 0) is 41.8 Å². The summed E-state index contributed by atoms with van der Waals surface area (Å²) in [6.07, 6.45) is 0.604. The highest BCUT2D eigenvalue weighted by molar-refractivity contribution is 5.61. The SMILES string of the molecule is COc1cc(O)c(C2COc3cc(O)ccc3C2c2c(OC)cc(O)cc2C2COc3cc(O)ccc3C2)cc1OC. The normalized spacial score (nSPS) is 19.1. The fourth-order valence-corrected chi connectivity index (χ4v) is 6.24. The largest absolute Gasteiger partial charge is 0.508 e. The van der Waals surface area contributed by atoms with Crippen molar-refractivity contribution in [3.63, 3.8) is 0 Å². The Hall–Kier alpha value is -4.92. The second kappa shape index (κ2) is 10.8. The average molecular weight is 573 g/mol. The minimum atomic E-state index is -0.426. The van der Waals surface area contributed by atoms with Crippen LogP contribution in [0.15, 0.2) is 60.7 Å². The molecule has 42 heavy (non-hydrogen) atoms. The van der Waals surface area contributed by atoms with Gasteiger partial charge in [-0.25, -0.2) is 0 Å². The van der Waals surface area contributed by atoms with Crippen molar-refractivity contribution in [2.45, 2.75) is 24.2 Å². The minimum absolute atomic E-state index is 0.0162. The van der Waals surface area contributed by atoms with E-state index >= 15 is 0 Å². The standard InChI is InChI=1S/C33H32O9/c1-38-29-13-24(26(37)14-30(29)39-2)25-16-42-28-11-20(35)6-7-22(28)32(25)33-23(9-21(36)12-31(33)40-3)18-8-17-4-5-19(34)10-27(17)41-15-18/h4-7,9-14,18,25,32,34-37H,8,15-16H2,1-3H3. The van der Waals surface area contributed by atoms with Gasteiger partial charge in [0.1, 0.15) is 40.2 Å². The summed E-state index contributed by atoms with van der Waals surface area (Å²) in [5.41, 5.74) is 3.93. The molecule has 2 aliphatic heterocycles. The van der Waals surface area contributed by atoms with Crippen LogP contribution in [0.25, 0.3) is 0 Å². The van der Waals surface area contributed by atoms with Crippen LogP contribution in [-0.4, -0.2) is 55.0 Å². The third kappa shape index (κ3) is 4.70. The number of rotatable bonds is 6. The molecule has 3 unspecified atom stereocenters. The summed E-state index contributed by atoms with van der Waals surface area (Å²) in [6.45, 7) is 0.491. The molecular formula is C33H32O9. The number of phenolic OH excluding ortho intramolecular Hbond substituents is 4. The highest BCUT2D eigenvalue weighted by atomic mass is 16.5. The van der Waals surface area contributed by atoms with Crippen molar-refractivity contribution in [3.8, 4) is 51.7 Å². The lowest BCUT2D eigenvalue weighted by Crippen LogP contribution is -2.28. The Morgan fingerprint density at radius 1 is 0.619 bits per heavy atom. The Morgan fingerprint density at radius 3 is 2.02 bits per heavy atom. The zero-order valence-electron chi connectivity index (χ0n) is 23.5. The molecule has 4 N–H and O–H groups in total. The Morgan fingerprint density at radius 2 is 1.29 bits per heavy atom. The maximum Gasteiger partial charge on any atom is 0.164 e. The molecule has 0 saturated carbocycles. The van der Waals surface area contributed by atoms with Gasteiger partial charge in [-0.1, -0.05) is 12.1 Å². The predicted octanol–water partition coefficient (Wildman–Crippen LogP) is 5.56. The number of ether oxygens (including phenoxy) is 5. The molecule has 2 aliphatic rings. The lowest BCUT2D eigenvalue weighted by atomic mass is 9.71. The topological polar surface area (TPSA) is 127 Å². The van der Waals surface area contributed by atoms with Gasteiger partial charge >= 0.3 is 0 Å². The lowest BCUT2D eigenvalue weighted by Gasteiger charge is -2.38. The fraction of sp³-hybridized carbons (Fsp3) is 0.273. The number of hydrogen-bond acceptors (Lipinski definition) is 9. The fourth-order valence-electron chi connectivity index (χ4n) is 6.24. The van der Waals surface area contributed by atoms with Crippen LogP contribution in [0.1, 0.15) is 45.6 Å². The first-order chi connectivity index (χ1) is 20.3. The highest BCUT2D eigenvalue weighted by Crippen LogP contribution is 2.54. The molecule has 9 nitrogen and oxygen atoms in total. The highest BCUT2D eigenvalue weighted by Gasteiger charge is 2.40. The number of methoxy groups -OCH3 is 3. The summed E-state index contributed by atoms with van der Waals surface area (Å²) in [6, 6.07) is 16.6. The van der Waals surface area contributed by atoms with Gasteiger partial charge in [0.2, 0.25) is 0 Å². The van der Waals surface area contributed by atoms with Gasteiger partial charge < -0.3 is 44.1 Å². The molecule has 3 atom stereocenters. The molecule has 0 radical (unpaired) electrons. The Labute approximate surface area is 243 Å². The van der Waals surface area contributed by atoms with Crippen molar-refractivity contribution >= 4 is 0 Å². The van der Waals surface area contributed by atoms with Crippen LogP contribution < -0.4 is 23.7 Å². The van der Waals surface area contributed by atoms with E-state index in [1.807, 2.05) is 12.1 Å². The molecule has 0 spiro atoms. The summed E-state index contributed by atoms with van der Waals surface area (Å²) >= 11 is 0. The average Bonchev–Trinajstić information content (AvgIpc) is 2.99. The van der Waals surface area contributed by atoms with Crippen LogP contribution in [0.2, 0.25) is 0 Å². The van der Waals surface area contributed by atoms with Gasteiger partial charge in [-0.3, -0.25) is 0 Å². The zero-order valence-corrected chi connectivity index (χ0v) is 23.5. The van der Waals surface area contributed by atoms with Gasteiger partial charge in [0, 0.05) is 58.7 Å². The van der Waals surface area contributed by atoms with Crippen LogP contribution in [0, 0.1) is 0 Å². The molecule has 0 bridgehead atoms. The first-order valence-corrected chi connectivity index (χ1v) is 13.6. The third-order valence-electron chi connectivity index (χ3n) is 8.17. The maximum atomic E-state index is 11.2. The zero-order chi connectivity index (χ0) is 29.5. The van der Waals surface area contributed by atoms with E-state index in [0.29, 0.717) is 47.3 Å². The Balaban J connectivity index is 1.57. The quantitative estimate of drug-likeness (QED) is 0.235. The molecular weight excluding hydrogens is 540 g/mol. The summed E-state index contributed by atoms with van der Waals surface area (Å²) in [4.78, 5) is 0. The van der Waals surface area contributed by atoms with E-state index in [4.69, 9.17) is 23.7 Å². The van der Waals surface area contributed by atoms with E-state index in [-0.39, 0.29) is 35.5 Å². The minimum Gasteiger partial charge on any atom is -0.508 e. The summed E-state index contributed by atoms with van der Waals surface area (Å²) in [5, 5.41) is 42.2. The van der Waals surface area contributed by atoms with Crippen molar-refractivity contribution in [1.82, 2.24) is 0 Å². The van der Waals surface area contributed by atoms with Crippen LogP contribution in [0.4, 0.5) is 0 Å². The maximum absolute atomic E-state index is 11.2. The number of hydrogen-bond donors (Lipinski definition) is 4. The molecule has 4 aromatic rings. The molecule has 0 aliphatic carbocycles. The van der Waals surface area contributed by atoms with E-state index in [0.717, 1.165) is 22.3 Å². The molecule has 6 rings (SSSR count). The summed E-state index contributed by atoms with van der Waals surface area (Å²) in [5.74, 6) is 1.70. The number of aromatic hydroxyl groups is 4. The van der Waals surface area contributed by atoms with Crippen molar-refractivity contribution in [1.29, 1.82) is 0 Å². The molecule has 0 amide bonds. The van der Waals surface area contributed by atoms with E-state index in [1.165, 1.54) is 20.3 Å². The number of fused-ring (bicyclic) bond motifs is 2. The van der Waals surface area contributed by atoms with Crippen molar-refractivity contribution in [3.05, 3.63) is 88.5 Å². The molecule has 0 aromatic heterocycles. The van der Waals surface area contributed by atoms with Crippen molar-refractivity contribution in [2.24, 2.45) is 0 Å². The number of benzene rings is 4. The van der Waals surface area contributed by atoms with Crippen LogP contribution in [-0.2, 0) is 6.42 Å². The van der Waals surface area contributed by atoms with Gasteiger partial charge in [-0.2, -0.15) is 0 Å². The summed E-state index contributed by atoms with van der Waals surface area (Å²) in [7, 11) is 4.59. The molecule has 218 valence electrons. The second-order valence-electron chi connectivity index (χ2n) is 10.5. The molecule has 9 heteroatoms. The first kappa shape index (κ1) is 27.3. The second-order valence-corrected chi connectivity index (χ2v) is 10.5. The van der Waals surface area contributed by atoms with Gasteiger partial charge in [-0.15, -0.1) is 0 Å². The monoisotopic (exact) mass is 572 g/mol. The van der Waals surface area contributed by atoms with Crippen molar-refractivity contribution < 1.29 is 44.1 Å². The Kier molecular flexibility index (Phi) is 7.02. The lowest BCUT2D eigenvalue weighted by molar-refractivity contribution is 0.239. The van der Waals surface area contributed by atoms with E-state index < -0.39 is 11.8 Å². The van der Waals surface area contributed by atoms with Gasteiger partial charge in [0.25, 0.3) is 0 Å². The van der Waals surface area contributed by atoms with E-state index in [1.54, 1.807) is 49.6 Å². The predicted molar refractivity (Wildman–Crippen MR) is 154 cm³/mol. The van der Waals surface area contributed by atoms with Crippen molar-refractivity contribution in [2.75, 3.05) is 34.5 Å². The molecule has 0 saturated heterocycles. The van der Waals surface area contributed by atoms with E-state index in [2.05, 4.69) is 0 Å². The molecule has 2 heterocycles. The third-order valence-corrected chi connectivity index (χ3v) is 8.17. The van der Waals surface area contributed by atoms with Crippen LogP contribution >= 0.6 is 0 Å². The van der Waals surface area contributed by atoms with E-state index in [9.17, 15) is 20.4 Å². The van der Waals surface area contributed by atoms with Gasteiger partial charge in [0.05, 0.1) is 34.5 Å². The first-order valence-electron chi connectivity index (χ1n) is 13.6. The smallest absolute Gasteiger partial charge is 0.164 e. The van der Waals surface area contributed by atoms with Gasteiger partial charge in [0.15, 0.2) is 11.5 Å². The van der Waals surface area contributed by atoms with Crippen LogP contribution in [0.5, 0.6) is 51.7 Å². The molecule has 4 aromatic carbocycles. The number of phenols is 4. The molecule has 0 fully saturated rings. The van der Waals surface area contributed by atoms with Crippen LogP contribution in [0.3, 0.4) is 0 Å². The summed E-state index contributed by atoms with van der Waals surface area (Å²) < 4.78 is 29.1. The Bertz CT molecular complexity index is 1650.